The molecule has 0 radical (unpaired) electrons. The van der Waals surface area contributed by atoms with Crippen LogP contribution in [0.3, 0.4) is 0 Å². The fraction of sp³-hybridized carbons (Fsp3) is 0.385. The lowest BCUT2D eigenvalue weighted by Gasteiger charge is -2.00. The van der Waals surface area contributed by atoms with Gasteiger partial charge in [0.2, 0.25) is 0 Å². The Labute approximate surface area is 113 Å². The topological polar surface area (TPSA) is 86.9 Å². The summed E-state index contributed by atoms with van der Waals surface area (Å²) in [5.41, 5.74) is 1.60. The molecule has 20 heavy (non-hydrogen) atoms. The number of hydrogen-bond donors (Lipinski definition) is 0. The standard InChI is InChI=1S/C13H12N4O3/c1-7-11-12(20-15-7)14-6-17(13(11)18)5-9-4-10(16-19-9)8-2-3-8/h4,6,8H,2-3,5H2,1H3. The van der Waals surface area contributed by atoms with E-state index < -0.39 is 0 Å². The Morgan fingerprint density at radius 2 is 2.20 bits per heavy atom. The van der Waals surface area contributed by atoms with E-state index in [1.54, 1.807) is 6.92 Å². The quantitative estimate of drug-likeness (QED) is 0.719. The first-order valence-electron chi connectivity index (χ1n) is 6.49. The van der Waals surface area contributed by atoms with Crippen molar-refractivity contribution in [3.63, 3.8) is 0 Å². The second-order valence-electron chi connectivity index (χ2n) is 5.12. The third kappa shape index (κ3) is 1.74. The van der Waals surface area contributed by atoms with Crippen LogP contribution in [-0.2, 0) is 6.54 Å². The Morgan fingerprint density at radius 1 is 1.35 bits per heavy atom. The zero-order valence-electron chi connectivity index (χ0n) is 10.9. The van der Waals surface area contributed by atoms with E-state index in [1.165, 1.54) is 23.7 Å². The van der Waals surface area contributed by atoms with E-state index in [0.29, 0.717) is 29.3 Å². The van der Waals surface area contributed by atoms with E-state index in [1.807, 2.05) is 6.07 Å². The van der Waals surface area contributed by atoms with Gasteiger partial charge in [-0.25, -0.2) is 4.98 Å². The summed E-state index contributed by atoms with van der Waals surface area (Å²) < 4.78 is 11.7. The lowest BCUT2D eigenvalue weighted by Crippen LogP contribution is -2.20. The van der Waals surface area contributed by atoms with Gasteiger partial charge in [-0.3, -0.25) is 9.36 Å². The zero-order valence-corrected chi connectivity index (χ0v) is 10.9. The summed E-state index contributed by atoms with van der Waals surface area (Å²) >= 11 is 0. The molecule has 4 rings (SSSR count). The van der Waals surface area contributed by atoms with Gasteiger partial charge in [0.05, 0.1) is 17.9 Å². The first-order chi connectivity index (χ1) is 9.72. The molecule has 1 fully saturated rings. The van der Waals surface area contributed by atoms with Crippen LogP contribution >= 0.6 is 0 Å². The summed E-state index contributed by atoms with van der Waals surface area (Å²) in [5.74, 6) is 1.19. The third-order valence-corrected chi connectivity index (χ3v) is 3.53. The summed E-state index contributed by atoms with van der Waals surface area (Å²) in [4.78, 5) is 16.4. The van der Waals surface area contributed by atoms with Crippen molar-refractivity contribution in [1.29, 1.82) is 0 Å². The highest BCUT2D eigenvalue weighted by Gasteiger charge is 2.27. The van der Waals surface area contributed by atoms with Gasteiger partial charge < -0.3 is 9.05 Å². The van der Waals surface area contributed by atoms with Crippen molar-refractivity contribution < 1.29 is 9.05 Å². The highest BCUT2D eigenvalue weighted by atomic mass is 16.5. The average molecular weight is 272 g/mol. The smallest absolute Gasteiger partial charge is 0.267 e. The Morgan fingerprint density at radius 3 is 3.00 bits per heavy atom. The maximum Gasteiger partial charge on any atom is 0.267 e. The van der Waals surface area contributed by atoms with Gasteiger partial charge in [-0.05, 0) is 19.8 Å². The van der Waals surface area contributed by atoms with Gasteiger partial charge in [0, 0.05) is 12.0 Å². The third-order valence-electron chi connectivity index (χ3n) is 3.53. The highest BCUT2D eigenvalue weighted by molar-refractivity contribution is 5.73. The molecule has 0 aromatic carbocycles. The summed E-state index contributed by atoms with van der Waals surface area (Å²) in [7, 11) is 0. The van der Waals surface area contributed by atoms with Crippen LogP contribution < -0.4 is 5.56 Å². The van der Waals surface area contributed by atoms with E-state index in [4.69, 9.17) is 9.05 Å². The molecule has 0 aliphatic heterocycles. The van der Waals surface area contributed by atoms with Crippen LogP contribution in [0.4, 0.5) is 0 Å². The maximum atomic E-state index is 12.3. The molecule has 3 aromatic rings. The fourth-order valence-corrected chi connectivity index (χ4v) is 2.27. The van der Waals surface area contributed by atoms with Crippen LogP contribution in [0.1, 0.15) is 35.9 Å². The molecule has 0 saturated heterocycles. The molecule has 3 aromatic heterocycles. The van der Waals surface area contributed by atoms with Crippen molar-refractivity contribution in [3.8, 4) is 0 Å². The molecule has 0 N–H and O–H groups in total. The van der Waals surface area contributed by atoms with Crippen molar-refractivity contribution in [3.05, 3.63) is 39.9 Å². The van der Waals surface area contributed by atoms with Gasteiger partial charge in [-0.2, -0.15) is 0 Å². The number of rotatable bonds is 3. The normalized spacial score (nSPS) is 15.1. The predicted octanol–water partition coefficient (Wildman–Crippen LogP) is 1.61. The van der Waals surface area contributed by atoms with Crippen LogP contribution in [0.2, 0.25) is 0 Å². The molecule has 0 amide bonds. The minimum Gasteiger partial charge on any atom is -0.359 e. The maximum absolute atomic E-state index is 12.3. The second kappa shape index (κ2) is 4.03. The Balaban J connectivity index is 1.72. The Kier molecular flexibility index (Phi) is 2.29. The lowest BCUT2D eigenvalue weighted by molar-refractivity contribution is 0.369. The first-order valence-corrected chi connectivity index (χ1v) is 6.49. The summed E-state index contributed by atoms with van der Waals surface area (Å²) in [5, 5.41) is 8.20. The van der Waals surface area contributed by atoms with E-state index in [2.05, 4.69) is 15.3 Å². The van der Waals surface area contributed by atoms with E-state index in [0.717, 1.165) is 5.69 Å². The molecule has 1 aliphatic rings. The van der Waals surface area contributed by atoms with Crippen molar-refractivity contribution in [1.82, 2.24) is 19.9 Å². The Hall–Kier alpha value is -2.44. The number of fused-ring (bicyclic) bond motifs is 1. The van der Waals surface area contributed by atoms with Gasteiger partial charge in [0.25, 0.3) is 11.3 Å². The van der Waals surface area contributed by atoms with Gasteiger partial charge >= 0.3 is 0 Å². The molecule has 1 aliphatic carbocycles. The summed E-state index contributed by atoms with van der Waals surface area (Å²) in [6, 6.07) is 1.91. The SMILES string of the molecule is Cc1noc2ncn(Cc3cc(C4CC4)no3)c(=O)c12. The van der Waals surface area contributed by atoms with Crippen molar-refractivity contribution in [2.45, 2.75) is 32.2 Å². The van der Waals surface area contributed by atoms with Gasteiger partial charge in [-0.1, -0.05) is 10.3 Å². The molecule has 0 bridgehead atoms. The number of aromatic nitrogens is 4. The van der Waals surface area contributed by atoms with Gasteiger partial charge in [-0.15, -0.1) is 0 Å². The fourth-order valence-electron chi connectivity index (χ4n) is 2.27. The first kappa shape index (κ1) is 11.4. The Bertz CT molecular complexity index is 841. The molecule has 1 saturated carbocycles. The molecule has 7 nitrogen and oxygen atoms in total. The summed E-state index contributed by atoms with van der Waals surface area (Å²) in [6.45, 7) is 2.03. The molecule has 0 unspecified atom stereocenters. The van der Waals surface area contributed by atoms with Crippen LogP contribution in [0, 0.1) is 6.92 Å². The molecular weight excluding hydrogens is 260 g/mol. The van der Waals surface area contributed by atoms with Crippen LogP contribution in [0.15, 0.2) is 26.2 Å². The number of hydrogen-bond acceptors (Lipinski definition) is 6. The van der Waals surface area contributed by atoms with Crippen molar-refractivity contribution in [2.75, 3.05) is 0 Å². The van der Waals surface area contributed by atoms with Crippen LogP contribution in [0.25, 0.3) is 11.1 Å². The second-order valence-corrected chi connectivity index (χ2v) is 5.12. The molecule has 0 spiro atoms. The van der Waals surface area contributed by atoms with Crippen LogP contribution in [-0.4, -0.2) is 19.9 Å². The molecule has 3 heterocycles. The van der Waals surface area contributed by atoms with Gasteiger partial charge in [0.15, 0.2) is 5.76 Å². The van der Waals surface area contributed by atoms with Crippen molar-refractivity contribution in [2.24, 2.45) is 0 Å². The molecule has 102 valence electrons. The van der Waals surface area contributed by atoms with Crippen LogP contribution in [0.5, 0.6) is 0 Å². The summed E-state index contributed by atoms with van der Waals surface area (Å²) in [6.07, 6.45) is 3.77. The van der Waals surface area contributed by atoms with Crippen molar-refractivity contribution >= 4 is 11.1 Å². The molecule has 0 atom stereocenters. The largest absolute Gasteiger partial charge is 0.359 e. The van der Waals surface area contributed by atoms with E-state index >= 15 is 0 Å². The van der Waals surface area contributed by atoms with E-state index in [-0.39, 0.29) is 11.3 Å². The van der Waals surface area contributed by atoms with E-state index in [9.17, 15) is 4.79 Å². The number of aryl methyl sites for hydroxylation is 1. The minimum absolute atomic E-state index is 0.182. The highest BCUT2D eigenvalue weighted by Crippen LogP contribution is 2.39. The minimum atomic E-state index is -0.182. The molecule has 7 heteroatoms. The van der Waals surface area contributed by atoms with Gasteiger partial charge in [0.1, 0.15) is 11.7 Å². The zero-order chi connectivity index (χ0) is 13.7. The lowest BCUT2D eigenvalue weighted by atomic mass is 10.2. The molecular formula is C13H12N4O3. The monoisotopic (exact) mass is 272 g/mol. The average Bonchev–Trinajstić information content (AvgIpc) is 3.07. The predicted molar refractivity (Wildman–Crippen MR) is 68.4 cm³/mol. The number of nitrogens with zero attached hydrogens (tertiary/aromatic N) is 4.